The van der Waals surface area contributed by atoms with Crippen LogP contribution in [-0.4, -0.2) is 74.5 Å². The summed E-state index contributed by atoms with van der Waals surface area (Å²) in [6, 6.07) is 7.56. The minimum Gasteiger partial charge on any atom is -0.493 e. The number of nitrogens with one attached hydrogen (secondary N) is 1. The quantitative estimate of drug-likeness (QED) is 0.206. The smallest absolute Gasteiger partial charge is 0.281 e. The molecule has 1 heterocycles. The van der Waals surface area contributed by atoms with Crippen LogP contribution in [0.3, 0.4) is 0 Å². The molecule has 35 heavy (non-hydrogen) atoms. The Kier molecular flexibility index (Phi) is 10.9. The van der Waals surface area contributed by atoms with Crippen LogP contribution in [0.1, 0.15) is 11.1 Å². The van der Waals surface area contributed by atoms with Crippen molar-refractivity contribution in [1.82, 2.24) is 9.29 Å². The summed E-state index contributed by atoms with van der Waals surface area (Å²) in [6.45, 7) is 0.996. The van der Waals surface area contributed by atoms with Gasteiger partial charge in [0.05, 0.1) is 46.2 Å². The molecule has 0 spiro atoms. The molecule has 14 heteroatoms. The van der Waals surface area contributed by atoms with Gasteiger partial charge in [-0.1, -0.05) is 12.1 Å². The Hall–Kier alpha value is -3.19. The standard InChI is InChI=1S/C21H27N5O8S/c1-15-16(14-22)20(29)26(7-11-34-13-9-28)21(30)19(15)25-24-17-4-2-3-5-18(17)35(31,32)23-6-10-33-12-8-27/h2-5,23,27-29H,6-13H2,1H3. The van der Waals surface area contributed by atoms with Crippen LogP contribution in [-0.2, 0) is 26.0 Å². The molecule has 2 aromatic rings. The van der Waals surface area contributed by atoms with Crippen molar-refractivity contribution in [2.24, 2.45) is 10.2 Å². The van der Waals surface area contributed by atoms with Crippen LogP contribution in [0, 0.1) is 18.3 Å². The van der Waals surface area contributed by atoms with Crippen molar-refractivity contribution >= 4 is 21.4 Å². The first kappa shape index (κ1) is 28.1. The second-order valence-corrected chi connectivity index (χ2v) is 8.71. The molecule has 0 bridgehead atoms. The van der Waals surface area contributed by atoms with Gasteiger partial charge < -0.3 is 24.8 Å². The van der Waals surface area contributed by atoms with Crippen molar-refractivity contribution in [2.75, 3.05) is 46.2 Å². The molecular weight excluding hydrogens is 482 g/mol. The van der Waals surface area contributed by atoms with Gasteiger partial charge in [-0.3, -0.25) is 9.36 Å². The molecule has 0 radical (unpaired) electrons. The van der Waals surface area contributed by atoms with Gasteiger partial charge in [-0.25, -0.2) is 13.1 Å². The second-order valence-electron chi connectivity index (χ2n) is 6.98. The molecule has 0 saturated carbocycles. The van der Waals surface area contributed by atoms with Gasteiger partial charge in [-0.05, 0) is 19.1 Å². The van der Waals surface area contributed by atoms with E-state index in [0.717, 1.165) is 4.57 Å². The average Bonchev–Trinajstić information content (AvgIpc) is 2.84. The van der Waals surface area contributed by atoms with Crippen molar-refractivity contribution in [3.63, 3.8) is 0 Å². The summed E-state index contributed by atoms with van der Waals surface area (Å²) >= 11 is 0. The van der Waals surface area contributed by atoms with Gasteiger partial charge in [0, 0.05) is 12.1 Å². The predicted octanol–water partition coefficient (Wildman–Crippen LogP) is 0.445. The zero-order chi connectivity index (χ0) is 25.8. The number of aromatic hydroxyl groups is 1. The lowest BCUT2D eigenvalue weighted by Gasteiger charge is -2.13. The van der Waals surface area contributed by atoms with E-state index in [1.165, 1.54) is 25.1 Å². The number of nitriles is 1. The first-order valence-corrected chi connectivity index (χ1v) is 12.0. The molecule has 13 nitrogen and oxygen atoms in total. The summed E-state index contributed by atoms with van der Waals surface area (Å²) in [5.74, 6) is -0.558. The van der Waals surface area contributed by atoms with E-state index in [9.17, 15) is 23.6 Å². The average molecular weight is 510 g/mol. The highest BCUT2D eigenvalue weighted by atomic mass is 32.2. The molecule has 0 aliphatic carbocycles. The topological polar surface area (TPSA) is 196 Å². The SMILES string of the molecule is Cc1c(C#N)c(O)n(CCOCCO)c(=O)c1N=Nc1ccccc1S(=O)(=O)NCCOCCO. The van der Waals surface area contributed by atoms with E-state index >= 15 is 0 Å². The number of aliphatic hydroxyl groups excluding tert-OH is 2. The number of rotatable bonds is 14. The molecule has 2 rings (SSSR count). The van der Waals surface area contributed by atoms with Crippen LogP contribution < -0.4 is 10.3 Å². The first-order valence-electron chi connectivity index (χ1n) is 10.5. The number of sulfonamides is 1. The van der Waals surface area contributed by atoms with Crippen molar-refractivity contribution in [3.05, 3.63) is 45.7 Å². The van der Waals surface area contributed by atoms with E-state index in [0.29, 0.717) is 0 Å². The Labute approximate surface area is 201 Å². The number of azo groups is 1. The Bertz CT molecular complexity index is 1240. The molecule has 4 N–H and O–H groups in total. The van der Waals surface area contributed by atoms with E-state index in [1.54, 1.807) is 6.07 Å². The Morgan fingerprint density at radius 2 is 1.74 bits per heavy atom. The Morgan fingerprint density at radius 3 is 2.40 bits per heavy atom. The number of nitrogens with zero attached hydrogens (tertiary/aromatic N) is 4. The fourth-order valence-corrected chi connectivity index (χ4v) is 4.10. The zero-order valence-electron chi connectivity index (χ0n) is 19.0. The highest BCUT2D eigenvalue weighted by Gasteiger charge is 2.21. The van der Waals surface area contributed by atoms with Crippen molar-refractivity contribution in [3.8, 4) is 11.9 Å². The monoisotopic (exact) mass is 509 g/mol. The molecule has 0 aliphatic rings. The van der Waals surface area contributed by atoms with Crippen LogP contribution in [0.25, 0.3) is 0 Å². The largest absolute Gasteiger partial charge is 0.493 e. The maximum Gasteiger partial charge on any atom is 0.281 e. The molecule has 190 valence electrons. The minimum atomic E-state index is -4.01. The van der Waals surface area contributed by atoms with Gasteiger partial charge >= 0.3 is 0 Å². The molecule has 1 aromatic heterocycles. The van der Waals surface area contributed by atoms with Crippen LogP contribution in [0.15, 0.2) is 44.2 Å². The van der Waals surface area contributed by atoms with E-state index in [4.69, 9.17) is 19.7 Å². The zero-order valence-corrected chi connectivity index (χ0v) is 19.9. The third-order valence-electron chi connectivity index (χ3n) is 4.65. The first-order chi connectivity index (χ1) is 16.8. The number of hydrogen-bond acceptors (Lipinski definition) is 11. The lowest BCUT2D eigenvalue weighted by atomic mass is 10.1. The molecule has 0 aliphatic heterocycles. The maximum atomic E-state index is 12.9. The van der Waals surface area contributed by atoms with E-state index in [1.807, 2.05) is 6.07 Å². The summed E-state index contributed by atoms with van der Waals surface area (Å²) < 4.78 is 38.8. The highest BCUT2D eigenvalue weighted by molar-refractivity contribution is 7.89. The van der Waals surface area contributed by atoms with Crippen molar-refractivity contribution < 1.29 is 33.2 Å². The highest BCUT2D eigenvalue weighted by Crippen LogP contribution is 2.29. The number of aliphatic hydroxyl groups is 2. The molecular formula is C21H27N5O8S. The fraction of sp³-hybridized carbons (Fsp3) is 0.429. The number of pyridine rings is 1. The van der Waals surface area contributed by atoms with Gasteiger partial charge in [-0.2, -0.15) is 5.26 Å². The fourth-order valence-electron chi connectivity index (χ4n) is 2.95. The van der Waals surface area contributed by atoms with Gasteiger partial charge in [0.1, 0.15) is 22.2 Å². The molecule has 0 saturated heterocycles. The molecule has 0 amide bonds. The third kappa shape index (κ3) is 7.39. The van der Waals surface area contributed by atoms with E-state index < -0.39 is 21.5 Å². The van der Waals surface area contributed by atoms with Crippen molar-refractivity contribution in [1.29, 1.82) is 5.26 Å². The summed E-state index contributed by atoms with van der Waals surface area (Å²) in [5.41, 5.74) is -1.18. The maximum absolute atomic E-state index is 12.9. The molecule has 0 fully saturated rings. The Balaban J connectivity index is 2.40. The van der Waals surface area contributed by atoms with Crippen LogP contribution in [0.5, 0.6) is 5.88 Å². The predicted molar refractivity (Wildman–Crippen MR) is 123 cm³/mol. The number of aromatic nitrogens is 1. The molecule has 0 atom stereocenters. The van der Waals surface area contributed by atoms with Gasteiger partial charge in [0.25, 0.3) is 5.56 Å². The van der Waals surface area contributed by atoms with E-state index in [2.05, 4.69) is 15.0 Å². The van der Waals surface area contributed by atoms with Gasteiger partial charge in [0.2, 0.25) is 15.9 Å². The lowest BCUT2D eigenvalue weighted by Crippen LogP contribution is -2.27. The van der Waals surface area contributed by atoms with E-state index in [-0.39, 0.29) is 80.1 Å². The summed E-state index contributed by atoms with van der Waals surface area (Å²) in [5, 5.41) is 45.2. The lowest BCUT2D eigenvalue weighted by molar-refractivity contribution is 0.0854. The third-order valence-corrected chi connectivity index (χ3v) is 6.16. The van der Waals surface area contributed by atoms with Crippen LogP contribution in [0.4, 0.5) is 11.4 Å². The van der Waals surface area contributed by atoms with Crippen LogP contribution >= 0.6 is 0 Å². The summed E-state index contributed by atoms with van der Waals surface area (Å²) in [7, 11) is -4.01. The number of ether oxygens (including phenoxy) is 2. The summed E-state index contributed by atoms with van der Waals surface area (Å²) in [6.07, 6.45) is 0. The molecule has 1 aromatic carbocycles. The summed E-state index contributed by atoms with van der Waals surface area (Å²) in [4.78, 5) is 12.8. The normalized spacial score (nSPS) is 11.7. The van der Waals surface area contributed by atoms with Gasteiger partial charge in [0.15, 0.2) is 5.69 Å². The second kappa shape index (κ2) is 13.6. The van der Waals surface area contributed by atoms with Gasteiger partial charge in [-0.15, -0.1) is 10.2 Å². The number of benzene rings is 1. The minimum absolute atomic E-state index is 0.0205. The van der Waals surface area contributed by atoms with Crippen molar-refractivity contribution in [2.45, 2.75) is 18.4 Å². The molecule has 0 unspecified atom stereocenters. The number of hydrogen-bond donors (Lipinski definition) is 4. The Morgan fingerprint density at radius 1 is 1.09 bits per heavy atom. The van der Waals surface area contributed by atoms with Crippen LogP contribution in [0.2, 0.25) is 0 Å².